The largest absolute Gasteiger partial charge is 0.489 e. The van der Waals surface area contributed by atoms with Crippen molar-refractivity contribution in [2.24, 2.45) is 5.92 Å². The van der Waals surface area contributed by atoms with Crippen molar-refractivity contribution in [1.29, 1.82) is 0 Å². The van der Waals surface area contributed by atoms with Crippen molar-refractivity contribution in [2.45, 2.75) is 13.0 Å². The smallest absolute Gasteiger partial charge is 0.251 e. The third kappa shape index (κ3) is 5.06. The first-order valence-electron chi connectivity index (χ1n) is 8.27. The maximum atomic E-state index is 12.2. The Balaban J connectivity index is 1.49. The Hall–Kier alpha value is -2.34. The zero-order valence-corrected chi connectivity index (χ0v) is 14.7. The van der Waals surface area contributed by atoms with Crippen molar-refractivity contribution in [1.82, 2.24) is 5.32 Å². The fourth-order valence-corrected chi connectivity index (χ4v) is 4.67. The minimum absolute atomic E-state index is 0.0208. The molecule has 1 unspecified atom stereocenters. The van der Waals surface area contributed by atoms with E-state index in [9.17, 15) is 13.2 Å². The van der Waals surface area contributed by atoms with Gasteiger partial charge in [-0.2, -0.15) is 0 Å². The number of sulfone groups is 1. The number of nitrogens with one attached hydrogen (secondary N) is 1. The molecule has 132 valence electrons. The lowest BCUT2D eigenvalue weighted by Gasteiger charge is -2.10. The molecule has 1 atom stereocenters. The molecule has 0 bridgehead atoms. The van der Waals surface area contributed by atoms with Gasteiger partial charge in [0.25, 0.3) is 5.91 Å². The summed E-state index contributed by atoms with van der Waals surface area (Å²) in [4.78, 5) is 12.2. The van der Waals surface area contributed by atoms with Crippen LogP contribution in [0.3, 0.4) is 0 Å². The van der Waals surface area contributed by atoms with Crippen molar-refractivity contribution in [2.75, 3.05) is 18.1 Å². The van der Waals surface area contributed by atoms with Gasteiger partial charge in [-0.05, 0) is 42.2 Å². The molecule has 25 heavy (non-hydrogen) atoms. The highest BCUT2D eigenvalue weighted by Crippen LogP contribution is 2.17. The van der Waals surface area contributed by atoms with E-state index in [4.69, 9.17) is 4.74 Å². The van der Waals surface area contributed by atoms with Crippen molar-refractivity contribution in [3.05, 3.63) is 65.7 Å². The maximum absolute atomic E-state index is 12.2. The molecule has 0 radical (unpaired) electrons. The molecular weight excluding hydrogens is 338 g/mol. The summed E-state index contributed by atoms with van der Waals surface area (Å²) in [6, 6.07) is 16.8. The van der Waals surface area contributed by atoms with Gasteiger partial charge < -0.3 is 10.1 Å². The Labute approximate surface area is 147 Å². The van der Waals surface area contributed by atoms with E-state index in [1.807, 2.05) is 42.5 Å². The zero-order valence-electron chi connectivity index (χ0n) is 13.9. The SMILES string of the molecule is O=C(NCC1CCS(=O)(=O)C1)c1ccc(COc2ccccc2)cc1. The van der Waals surface area contributed by atoms with Crippen LogP contribution < -0.4 is 10.1 Å². The molecule has 1 aliphatic rings. The molecule has 0 spiro atoms. The van der Waals surface area contributed by atoms with Crippen LogP contribution in [0.4, 0.5) is 0 Å². The molecule has 1 fully saturated rings. The third-order valence-corrected chi connectivity index (χ3v) is 6.08. The van der Waals surface area contributed by atoms with Gasteiger partial charge in [0, 0.05) is 12.1 Å². The zero-order chi connectivity index (χ0) is 17.7. The number of amides is 1. The molecule has 0 aromatic heterocycles. The van der Waals surface area contributed by atoms with E-state index in [2.05, 4.69) is 5.32 Å². The van der Waals surface area contributed by atoms with Gasteiger partial charge in [0.2, 0.25) is 0 Å². The monoisotopic (exact) mass is 359 g/mol. The number of para-hydroxylation sites is 1. The molecule has 5 nitrogen and oxygen atoms in total. The van der Waals surface area contributed by atoms with Gasteiger partial charge in [-0.15, -0.1) is 0 Å². The third-order valence-electron chi connectivity index (χ3n) is 4.24. The van der Waals surface area contributed by atoms with E-state index < -0.39 is 9.84 Å². The number of carbonyl (C=O) groups excluding carboxylic acids is 1. The highest BCUT2D eigenvalue weighted by molar-refractivity contribution is 7.91. The van der Waals surface area contributed by atoms with Gasteiger partial charge in [-0.3, -0.25) is 4.79 Å². The van der Waals surface area contributed by atoms with Crippen molar-refractivity contribution < 1.29 is 17.9 Å². The number of hydrogen-bond donors (Lipinski definition) is 1. The molecule has 0 aliphatic carbocycles. The Morgan fingerprint density at radius 3 is 2.44 bits per heavy atom. The summed E-state index contributed by atoms with van der Waals surface area (Å²) in [6.45, 7) is 0.836. The van der Waals surface area contributed by atoms with Crippen LogP contribution in [0.1, 0.15) is 22.3 Å². The maximum Gasteiger partial charge on any atom is 0.251 e. The standard InChI is InChI=1S/C19H21NO4S/c21-19(20-12-16-10-11-25(22,23)14-16)17-8-6-15(7-9-17)13-24-18-4-2-1-3-5-18/h1-9,16H,10-14H2,(H,20,21). The second kappa shape index (κ2) is 7.70. The summed E-state index contributed by atoms with van der Waals surface area (Å²) in [5, 5.41) is 2.82. The summed E-state index contributed by atoms with van der Waals surface area (Å²) in [5.41, 5.74) is 1.53. The Bertz CT molecular complexity index is 816. The number of rotatable bonds is 6. The van der Waals surface area contributed by atoms with Gasteiger partial charge in [-0.1, -0.05) is 30.3 Å². The number of carbonyl (C=O) groups is 1. The van der Waals surface area contributed by atoms with E-state index >= 15 is 0 Å². The summed E-state index contributed by atoms with van der Waals surface area (Å²) in [7, 11) is -2.91. The number of hydrogen-bond acceptors (Lipinski definition) is 4. The first kappa shape index (κ1) is 17.5. The topological polar surface area (TPSA) is 72.5 Å². The quantitative estimate of drug-likeness (QED) is 0.860. The Kier molecular flexibility index (Phi) is 5.38. The van der Waals surface area contributed by atoms with Gasteiger partial charge in [-0.25, -0.2) is 8.42 Å². The summed E-state index contributed by atoms with van der Waals surface area (Å²) in [6.07, 6.45) is 0.623. The molecule has 2 aromatic carbocycles. The molecule has 2 aromatic rings. The van der Waals surface area contributed by atoms with Crippen LogP contribution in [0.15, 0.2) is 54.6 Å². The van der Waals surface area contributed by atoms with Crippen LogP contribution >= 0.6 is 0 Å². The predicted molar refractivity (Wildman–Crippen MR) is 96.3 cm³/mol. The number of benzene rings is 2. The lowest BCUT2D eigenvalue weighted by molar-refractivity contribution is 0.0948. The first-order valence-corrected chi connectivity index (χ1v) is 10.1. The molecule has 1 N–H and O–H groups in total. The van der Waals surface area contributed by atoms with E-state index in [1.54, 1.807) is 12.1 Å². The lowest BCUT2D eigenvalue weighted by atomic mass is 10.1. The predicted octanol–water partition coefficient (Wildman–Crippen LogP) is 2.43. The van der Waals surface area contributed by atoms with Crippen LogP contribution in [0, 0.1) is 5.92 Å². The average Bonchev–Trinajstić information content (AvgIpc) is 2.98. The van der Waals surface area contributed by atoms with Gasteiger partial charge >= 0.3 is 0 Å². The fraction of sp³-hybridized carbons (Fsp3) is 0.316. The molecule has 1 amide bonds. The molecule has 1 heterocycles. The highest BCUT2D eigenvalue weighted by Gasteiger charge is 2.27. The highest BCUT2D eigenvalue weighted by atomic mass is 32.2. The molecule has 6 heteroatoms. The normalized spacial score (nSPS) is 18.6. The summed E-state index contributed by atoms with van der Waals surface area (Å²) in [5.74, 6) is 1.04. The van der Waals surface area contributed by atoms with Gasteiger partial charge in [0.1, 0.15) is 12.4 Å². The van der Waals surface area contributed by atoms with Crippen LogP contribution in [-0.4, -0.2) is 32.4 Å². The Morgan fingerprint density at radius 2 is 1.80 bits per heavy atom. The van der Waals surface area contributed by atoms with Crippen molar-refractivity contribution in [3.8, 4) is 5.75 Å². The minimum atomic E-state index is -2.91. The molecular formula is C19H21NO4S. The van der Waals surface area contributed by atoms with Gasteiger partial charge in [0.15, 0.2) is 9.84 Å². The van der Waals surface area contributed by atoms with E-state index in [0.29, 0.717) is 25.1 Å². The molecule has 0 saturated carbocycles. The van der Waals surface area contributed by atoms with E-state index in [1.165, 1.54) is 0 Å². The van der Waals surface area contributed by atoms with Gasteiger partial charge in [0.05, 0.1) is 11.5 Å². The van der Waals surface area contributed by atoms with Crippen molar-refractivity contribution in [3.63, 3.8) is 0 Å². The van der Waals surface area contributed by atoms with Crippen LogP contribution in [0.2, 0.25) is 0 Å². The summed E-state index contributed by atoms with van der Waals surface area (Å²) >= 11 is 0. The second-order valence-electron chi connectivity index (χ2n) is 6.28. The van der Waals surface area contributed by atoms with Crippen molar-refractivity contribution >= 4 is 15.7 Å². The average molecular weight is 359 g/mol. The lowest BCUT2D eigenvalue weighted by Crippen LogP contribution is -2.29. The van der Waals surface area contributed by atoms with Crippen LogP contribution in [0.25, 0.3) is 0 Å². The second-order valence-corrected chi connectivity index (χ2v) is 8.51. The van der Waals surface area contributed by atoms with E-state index in [0.717, 1.165) is 11.3 Å². The minimum Gasteiger partial charge on any atom is -0.489 e. The van der Waals surface area contributed by atoms with E-state index in [-0.39, 0.29) is 23.3 Å². The molecule has 1 aliphatic heterocycles. The molecule has 1 saturated heterocycles. The van der Waals surface area contributed by atoms with Crippen LogP contribution in [0.5, 0.6) is 5.75 Å². The number of ether oxygens (including phenoxy) is 1. The molecule has 3 rings (SSSR count). The fourth-order valence-electron chi connectivity index (χ4n) is 2.81. The Morgan fingerprint density at radius 1 is 1.08 bits per heavy atom. The van der Waals surface area contributed by atoms with Crippen LogP contribution in [-0.2, 0) is 16.4 Å². The summed E-state index contributed by atoms with van der Waals surface area (Å²) < 4.78 is 28.5. The first-order chi connectivity index (χ1) is 12.0.